The summed E-state index contributed by atoms with van der Waals surface area (Å²) in [6, 6.07) is 8.23. The fraction of sp³-hybridized carbons (Fsp3) is 0.412. The molecule has 112 valence electrons. The van der Waals surface area contributed by atoms with Gasteiger partial charge in [0.1, 0.15) is 0 Å². The molecule has 2 aromatic heterocycles. The van der Waals surface area contributed by atoms with Crippen molar-refractivity contribution in [3.63, 3.8) is 0 Å². The summed E-state index contributed by atoms with van der Waals surface area (Å²) in [5.41, 5.74) is 3.58. The summed E-state index contributed by atoms with van der Waals surface area (Å²) in [7, 11) is 1.95. The highest BCUT2D eigenvalue weighted by atomic mass is 16.5. The lowest BCUT2D eigenvalue weighted by Gasteiger charge is -2.09. The number of nitrogens with one attached hydrogen (secondary N) is 1. The minimum atomic E-state index is 0.682. The van der Waals surface area contributed by atoms with E-state index in [1.54, 1.807) is 0 Å². The van der Waals surface area contributed by atoms with E-state index < -0.39 is 0 Å². The standard InChI is InChI=1S/C17H23N3O/c1-3-16-11-15(13-18-2)12-17(20-16)21-10-4-5-14-6-8-19-9-7-14/h6-9,11-12,18H,3-5,10,13H2,1-2H3. The first-order valence-corrected chi connectivity index (χ1v) is 7.48. The Labute approximate surface area is 126 Å². The molecule has 0 bridgehead atoms. The van der Waals surface area contributed by atoms with Gasteiger partial charge in [-0.05, 0) is 55.6 Å². The lowest BCUT2D eigenvalue weighted by Crippen LogP contribution is -2.08. The molecule has 0 spiro atoms. The molecule has 1 N–H and O–H groups in total. The predicted molar refractivity (Wildman–Crippen MR) is 84.4 cm³/mol. The summed E-state index contributed by atoms with van der Waals surface area (Å²) in [5, 5.41) is 3.16. The van der Waals surface area contributed by atoms with Crippen LogP contribution in [0, 0.1) is 0 Å². The number of aryl methyl sites for hydroxylation is 2. The van der Waals surface area contributed by atoms with Crippen molar-refractivity contribution in [2.75, 3.05) is 13.7 Å². The average Bonchev–Trinajstić information content (AvgIpc) is 2.53. The van der Waals surface area contributed by atoms with Crippen LogP contribution in [-0.2, 0) is 19.4 Å². The maximum atomic E-state index is 5.80. The predicted octanol–water partition coefficient (Wildman–Crippen LogP) is 2.77. The first-order valence-electron chi connectivity index (χ1n) is 7.48. The molecule has 2 aromatic rings. The monoisotopic (exact) mass is 285 g/mol. The van der Waals surface area contributed by atoms with E-state index in [9.17, 15) is 0 Å². The third-order valence-electron chi connectivity index (χ3n) is 3.27. The fourth-order valence-corrected chi connectivity index (χ4v) is 2.18. The van der Waals surface area contributed by atoms with Crippen LogP contribution < -0.4 is 10.1 Å². The van der Waals surface area contributed by atoms with E-state index >= 15 is 0 Å². The van der Waals surface area contributed by atoms with Gasteiger partial charge in [0, 0.05) is 30.7 Å². The Kier molecular flexibility index (Phi) is 6.16. The Balaban J connectivity index is 1.86. The van der Waals surface area contributed by atoms with Crippen molar-refractivity contribution in [1.29, 1.82) is 0 Å². The summed E-state index contributed by atoms with van der Waals surface area (Å²) in [4.78, 5) is 8.54. The molecule has 0 aliphatic rings. The maximum absolute atomic E-state index is 5.80. The van der Waals surface area contributed by atoms with Gasteiger partial charge < -0.3 is 10.1 Å². The summed E-state index contributed by atoms with van der Waals surface area (Å²) >= 11 is 0. The minimum Gasteiger partial charge on any atom is -0.478 e. The molecule has 0 fully saturated rings. The van der Waals surface area contributed by atoms with Gasteiger partial charge in [-0.25, -0.2) is 4.98 Å². The number of pyridine rings is 2. The molecule has 0 atom stereocenters. The van der Waals surface area contributed by atoms with Crippen LogP contribution in [0.2, 0.25) is 0 Å². The highest BCUT2D eigenvalue weighted by molar-refractivity contribution is 5.25. The van der Waals surface area contributed by atoms with E-state index in [1.165, 1.54) is 11.1 Å². The highest BCUT2D eigenvalue weighted by Crippen LogP contribution is 2.14. The molecule has 0 aliphatic carbocycles. The van der Waals surface area contributed by atoms with E-state index in [1.807, 2.05) is 37.6 Å². The van der Waals surface area contributed by atoms with E-state index in [0.717, 1.165) is 37.4 Å². The van der Waals surface area contributed by atoms with Gasteiger partial charge in [0.2, 0.25) is 5.88 Å². The van der Waals surface area contributed by atoms with Crippen molar-refractivity contribution in [2.45, 2.75) is 32.7 Å². The van der Waals surface area contributed by atoms with E-state index in [0.29, 0.717) is 6.61 Å². The highest BCUT2D eigenvalue weighted by Gasteiger charge is 2.03. The van der Waals surface area contributed by atoms with Crippen molar-refractivity contribution in [3.8, 4) is 5.88 Å². The molecule has 4 heteroatoms. The van der Waals surface area contributed by atoms with Crippen molar-refractivity contribution < 1.29 is 4.74 Å². The second-order valence-corrected chi connectivity index (χ2v) is 5.00. The van der Waals surface area contributed by atoms with Crippen molar-refractivity contribution >= 4 is 0 Å². The van der Waals surface area contributed by atoms with Gasteiger partial charge in [-0.2, -0.15) is 0 Å². The topological polar surface area (TPSA) is 47.0 Å². The minimum absolute atomic E-state index is 0.682. The van der Waals surface area contributed by atoms with Crippen LogP contribution in [0.25, 0.3) is 0 Å². The molecule has 0 unspecified atom stereocenters. The zero-order valence-corrected chi connectivity index (χ0v) is 12.8. The molecule has 0 saturated heterocycles. The molecule has 0 radical (unpaired) electrons. The number of rotatable bonds is 8. The van der Waals surface area contributed by atoms with E-state index in [-0.39, 0.29) is 0 Å². The molecule has 0 aromatic carbocycles. The maximum Gasteiger partial charge on any atom is 0.213 e. The Morgan fingerprint density at radius 3 is 2.67 bits per heavy atom. The van der Waals surface area contributed by atoms with E-state index in [2.05, 4.69) is 28.3 Å². The number of nitrogens with zero attached hydrogens (tertiary/aromatic N) is 2. The quantitative estimate of drug-likeness (QED) is 0.758. The van der Waals surface area contributed by atoms with Crippen molar-refractivity contribution in [2.24, 2.45) is 0 Å². The third kappa shape index (κ3) is 5.16. The fourth-order valence-electron chi connectivity index (χ4n) is 2.18. The summed E-state index contributed by atoms with van der Waals surface area (Å²) in [5.74, 6) is 0.731. The Morgan fingerprint density at radius 1 is 1.14 bits per heavy atom. The van der Waals surface area contributed by atoms with Gasteiger partial charge in [-0.1, -0.05) is 6.92 Å². The first-order chi connectivity index (χ1) is 10.3. The van der Waals surface area contributed by atoms with Crippen molar-refractivity contribution in [3.05, 3.63) is 53.5 Å². The molecule has 0 aliphatic heterocycles. The summed E-state index contributed by atoms with van der Waals surface area (Å²) in [6.07, 6.45) is 6.55. The van der Waals surface area contributed by atoms with Crippen LogP contribution in [-0.4, -0.2) is 23.6 Å². The van der Waals surface area contributed by atoms with Gasteiger partial charge in [0.25, 0.3) is 0 Å². The lowest BCUT2D eigenvalue weighted by molar-refractivity contribution is 0.298. The smallest absolute Gasteiger partial charge is 0.213 e. The van der Waals surface area contributed by atoms with Gasteiger partial charge in [0.05, 0.1) is 6.61 Å². The SMILES string of the molecule is CCc1cc(CNC)cc(OCCCc2ccncc2)n1. The van der Waals surface area contributed by atoms with Crippen molar-refractivity contribution in [1.82, 2.24) is 15.3 Å². The first kappa shape index (κ1) is 15.4. The van der Waals surface area contributed by atoms with Crippen LogP contribution in [0.1, 0.15) is 30.2 Å². The van der Waals surface area contributed by atoms with Gasteiger partial charge >= 0.3 is 0 Å². The summed E-state index contributed by atoms with van der Waals surface area (Å²) in [6.45, 7) is 3.63. The molecule has 4 nitrogen and oxygen atoms in total. The van der Waals surface area contributed by atoms with Gasteiger partial charge in [-0.15, -0.1) is 0 Å². The Hall–Kier alpha value is -1.94. The lowest BCUT2D eigenvalue weighted by atomic mass is 10.1. The number of ether oxygens (including phenoxy) is 1. The molecule has 21 heavy (non-hydrogen) atoms. The second-order valence-electron chi connectivity index (χ2n) is 5.00. The average molecular weight is 285 g/mol. The van der Waals surface area contributed by atoms with Gasteiger partial charge in [-0.3, -0.25) is 4.98 Å². The zero-order chi connectivity index (χ0) is 14.9. The van der Waals surface area contributed by atoms with Gasteiger partial charge in [0.15, 0.2) is 0 Å². The number of aromatic nitrogens is 2. The van der Waals surface area contributed by atoms with Crippen LogP contribution in [0.15, 0.2) is 36.7 Å². The summed E-state index contributed by atoms with van der Waals surface area (Å²) < 4.78 is 5.80. The number of hydrogen-bond donors (Lipinski definition) is 1. The Bertz CT molecular complexity index is 543. The number of hydrogen-bond acceptors (Lipinski definition) is 4. The molecule has 0 amide bonds. The molecule has 0 saturated carbocycles. The van der Waals surface area contributed by atoms with Crippen LogP contribution in [0.5, 0.6) is 5.88 Å². The molecule has 2 rings (SSSR count). The van der Waals surface area contributed by atoms with E-state index in [4.69, 9.17) is 4.74 Å². The molecular weight excluding hydrogens is 262 g/mol. The van der Waals surface area contributed by atoms with Crippen LogP contribution in [0.4, 0.5) is 0 Å². The van der Waals surface area contributed by atoms with Crippen LogP contribution >= 0.6 is 0 Å². The molecular formula is C17H23N3O. The third-order valence-corrected chi connectivity index (χ3v) is 3.27. The van der Waals surface area contributed by atoms with Crippen LogP contribution in [0.3, 0.4) is 0 Å². The normalized spacial score (nSPS) is 10.6. The zero-order valence-electron chi connectivity index (χ0n) is 12.8. The Morgan fingerprint density at radius 2 is 1.95 bits per heavy atom. The molecule has 2 heterocycles. The second kappa shape index (κ2) is 8.37. The largest absolute Gasteiger partial charge is 0.478 e.